The molecule has 0 amide bonds. The zero-order chi connectivity index (χ0) is 10.1. The Bertz CT molecular complexity index is 341. The van der Waals surface area contributed by atoms with E-state index in [0.717, 1.165) is 19.1 Å². The summed E-state index contributed by atoms with van der Waals surface area (Å²) in [5, 5.41) is 11.0. The summed E-state index contributed by atoms with van der Waals surface area (Å²) in [5.74, 6) is 1.14. The van der Waals surface area contributed by atoms with Gasteiger partial charge in [0.25, 0.3) is 0 Å². The van der Waals surface area contributed by atoms with E-state index >= 15 is 0 Å². The zero-order valence-electron chi connectivity index (χ0n) is 8.40. The maximum atomic E-state index is 10.7. The monoisotopic (exact) mass is 194 g/mol. The number of rotatable bonds is 4. The molecule has 0 aromatic carbocycles. The first kappa shape index (κ1) is 9.18. The molecule has 0 atom stereocenters. The maximum Gasteiger partial charge on any atom is 0.225 e. The summed E-state index contributed by atoms with van der Waals surface area (Å²) in [6, 6.07) is 0.725. The number of aromatic nitrogens is 3. The van der Waals surface area contributed by atoms with Crippen molar-refractivity contribution < 1.29 is 4.79 Å². The maximum absolute atomic E-state index is 10.7. The number of aldehydes is 1. The lowest BCUT2D eigenvalue weighted by molar-refractivity contribution is 0.111. The molecular formula is C9H14N4O. The molecule has 1 aromatic rings. The van der Waals surface area contributed by atoms with Crippen molar-refractivity contribution in [1.29, 1.82) is 0 Å². The van der Waals surface area contributed by atoms with E-state index in [9.17, 15) is 4.79 Å². The second-order valence-corrected chi connectivity index (χ2v) is 3.90. The van der Waals surface area contributed by atoms with Crippen LogP contribution in [0.3, 0.4) is 0 Å². The Balaban J connectivity index is 2.29. The van der Waals surface area contributed by atoms with Gasteiger partial charge in [-0.05, 0) is 26.7 Å². The Morgan fingerprint density at radius 3 is 2.71 bits per heavy atom. The van der Waals surface area contributed by atoms with Gasteiger partial charge in [0.2, 0.25) is 5.95 Å². The third-order valence-corrected chi connectivity index (χ3v) is 2.16. The molecule has 2 rings (SSSR count). The molecule has 1 saturated carbocycles. The van der Waals surface area contributed by atoms with Gasteiger partial charge in [-0.2, -0.15) is 0 Å². The molecule has 0 spiro atoms. The minimum Gasteiger partial charge on any atom is -0.352 e. The highest BCUT2D eigenvalue weighted by Crippen LogP contribution is 2.37. The predicted octanol–water partition coefficient (Wildman–Crippen LogP) is 1.25. The second-order valence-electron chi connectivity index (χ2n) is 3.90. The van der Waals surface area contributed by atoms with Crippen LogP contribution in [0.25, 0.3) is 0 Å². The van der Waals surface area contributed by atoms with Crippen molar-refractivity contribution in [2.45, 2.75) is 38.8 Å². The predicted molar refractivity (Wildman–Crippen MR) is 52.4 cm³/mol. The molecule has 1 N–H and O–H groups in total. The Hall–Kier alpha value is -1.39. The quantitative estimate of drug-likeness (QED) is 0.733. The van der Waals surface area contributed by atoms with Crippen molar-refractivity contribution in [2.75, 3.05) is 5.32 Å². The molecule has 0 radical (unpaired) electrons. The van der Waals surface area contributed by atoms with E-state index in [2.05, 4.69) is 15.5 Å². The van der Waals surface area contributed by atoms with E-state index in [1.54, 1.807) is 0 Å². The fraction of sp³-hybridized carbons (Fsp3) is 0.667. The number of carbonyl (C=O) groups excluding carboxylic acids is 1. The van der Waals surface area contributed by atoms with E-state index in [1.807, 2.05) is 18.4 Å². The lowest BCUT2D eigenvalue weighted by Gasteiger charge is -2.10. The minimum absolute atomic E-state index is 0.302. The van der Waals surface area contributed by atoms with Crippen molar-refractivity contribution in [3.63, 3.8) is 0 Å². The van der Waals surface area contributed by atoms with Gasteiger partial charge in [-0.3, -0.25) is 9.36 Å². The normalized spacial score (nSPS) is 15.9. The summed E-state index contributed by atoms with van der Waals surface area (Å²) in [6.45, 7) is 4.07. The first-order valence-electron chi connectivity index (χ1n) is 4.89. The standard InChI is InChI=1S/C9H14N4O/c1-6(2)10-9-12-11-8(5-14)13(9)7-3-4-7/h5-7H,3-4H2,1-2H3,(H,10,12). The largest absolute Gasteiger partial charge is 0.352 e. The molecular weight excluding hydrogens is 180 g/mol. The first-order chi connectivity index (χ1) is 6.72. The summed E-state index contributed by atoms with van der Waals surface area (Å²) in [5.41, 5.74) is 0. The van der Waals surface area contributed by atoms with Crippen LogP contribution in [0.5, 0.6) is 0 Å². The number of nitrogens with zero attached hydrogens (tertiary/aromatic N) is 3. The zero-order valence-corrected chi connectivity index (χ0v) is 8.40. The number of anilines is 1. The molecule has 0 unspecified atom stereocenters. The fourth-order valence-electron chi connectivity index (χ4n) is 1.43. The number of carbonyl (C=O) groups is 1. The van der Waals surface area contributed by atoms with Gasteiger partial charge in [0, 0.05) is 12.1 Å². The third-order valence-electron chi connectivity index (χ3n) is 2.16. The van der Waals surface area contributed by atoms with Crippen LogP contribution in [0.2, 0.25) is 0 Å². The fourth-order valence-corrected chi connectivity index (χ4v) is 1.43. The molecule has 1 fully saturated rings. The number of hydrogen-bond acceptors (Lipinski definition) is 4. The molecule has 0 bridgehead atoms. The summed E-state index contributed by atoms with van der Waals surface area (Å²) in [4.78, 5) is 10.7. The average Bonchev–Trinajstić information content (AvgIpc) is 2.88. The number of hydrogen-bond donors (Lipinski definition) is 1. The molecule has 76 valence electrons. The molecule has 5 nitrogen and oxygen atoms in total. The molecule has 1 aliphatic rings. The van der Waals surface area contributed by atoms with Crippen LogP contribution in [0.1, 0.15) is 43.3 Å². The van der Waals surface area contributed by atoms with Gasteiger partial charge in [-0.25, -0.2) is 0 Å². The summed E-state index contributed by atoms with van der Waals surface area (Å²) >= 11 is 0. The van der Waals surface area contributed by atoms with Crippen molar-refractivity contribution in [2.24, 2.45) is 0 Å². The molecule has 5 heteroatoms. The van der Waals surface area contributed by atoms with Crippen molar-refractivity contribution in [3.8, 4) is 0 Å². The van der Waals surface area contributed by atoms with Gasteiger partial charge < -0.3 is 5.32 Å². The summed E-state index contributed by atoms with van der Waals surface area (Å²) in [6.07, 6.45) is 2.99. The molecule has 1 aromatic heterocycles. The lowest BCUT2D eigenvalue weighted by atomic mass is 10.4. The van der Waals surface area contributed by atoms with E-state index < -0.39 is 0 Å². The SMILES string of the molecule is CC(C)Nc1nnc(C=O)n1C1CC1. The van der Waals surface area contributed by atoms with Gasteiger partial charge in [0.05, 0.1) is 0 Å². The van der Waals surface area contributed by atoms with Crippen molar-refractivity contribution in [1.82, 2.24) is 14.8 Å². The van der Waals surface area contributed by atoms with Crippen molar-refractivity contribution in [3.05, 3.63) is 5.82 Å². The van der Waals surface area contributed by atoms with Gasteiger partial charge in [0.1, 0.15) is 0 Å². The van der Waals surface area contributed by atoms with Crippen LogP contribution in [0.4, 0.5) is 5.95 Å². The van der Waals surface area contributed by atoms with Crippen LogP contribution >= 0.6 is 0 Å². The smallest absolute Gasteiger partial charge is 0.225 e. The van der Waals surface area contributed by atoms with Crippen LogP contribution in [0, 0.1) is 0 Å². The third kappa shape index (κ3) is 1.62. The minimum atomic E-state index is 0.302. The summed E-state index contributed by atoms with van der Waals surface area (Å²) in [7, 11) is 0. The topological polar surface area (TPSA) is 59.8 Å². The van der Waals surface area contributed by atoms with E-state index in [0.29, 0.717) is 23.9 Å². The van der Waals surface area contributed by atoms with E-state index in [1.165, 1.54) is 0 Å². The Morgan fingerprint density at radius 1 is 1.50 bits per heavy atom. The van der Waals surface area contributed by atoms with Gasteiger partial charge >= 0.3 is 0 Å². The van der Waals surface area contributed by atoms with Crippen LogP contribution in [0.15, 0.2) is 0 Å². The molecule has 1 aliphatic carbocycles. The first-order valence-corrected chi connectivity index (χ1v) is 4.89. The van der Waals surface area contributed by atoms with Crippen LogP contribution in [-0.2, 0) is 0 Å². The highest BCUT2D eigenvalue weighted by molar-refractivity contribution is 5.70. The second kappa shape index (κ2) is 3.40. The molecule has 14 heavy (non-hydrogen) atoms. The molecule has 0 aliphatic heterocycles. The van der Waals surface area contributed by atoms with Crippen LogP contribution in [-0.4, -0.2) is 27.1 Å². The van der Waals surface area contributed by atoms with Gasteiger partial charge in [0.15, 0.2) is 12.1 Å². The Morgan fingerprint density at radius 2 is 2.21 bits per heavy atom. The highest BCUT2D eigenvalue weighted by atomic mass is 16.1. The Labute approximate surface area is 82.5 Å². The lowest BCUT2D eigenvalue weighted by Crippen LogP contribution is -2.15. The Kier molecular flexibility index (Phi) is 2.23. The average molecular weight is 194 g/mol. The van der Waals surface area contributed by atoms with Crippen LogP contribution < -0.4 is 5.32 Å². The van der Waals surface area contributed by atoms with Gasteiger partial charge in [-0.15, -0.1) is 10.2 Å². The highest BCUT2D eigenvalue weighted by Gasteiger charge is 2.29. The van der Waals surface area contributed by atoms with Gasteiger partial charge in [-0.1, -0.05) is 0 Å². The molecule has 1 heterocycles. The van der Waals surface area contributed by atoms with E-state index in [4.69, 9.17) is 0 Å². The summed E-state index contributed by atoms with van der Waals surface area (Å²) < 4.78 is 1.90. The van der Waals surface area contributed by atoms with Crippen molar-refractivity contribution >= 4 is 12.2 Å². The molecule has 0 saturated heterocycles. The van der Waals surface area contributed by atoms with E-state index in [-0.39, 0.29) is 0 Å². The number of nitrogens with one attached hydrogen (secondary N) is 1.